The lowest BCUT2D eigenvalue weighted by atomic mass is 10.1. The van der Waals surface area contributed by atoms with Crippen molar-refractivity contribution in [2.75, 3.05) is 24.6 Å². The minimum absolute atomic E-state index is 0.0814. The Morgan fingerprint density at radius 3 is 2.80 bits per heavy atom. The number of carbonyl (C=O) groups excluding carboxylic acids is 1. The topological polar surface area (TPSA) is 63.9 Å². The summed E-state index contributed by atoms with van der Waals surface area (Å²) in [7, 11) is 0. The maximum atomic E-state index is 12.5. The molecule has 1 aliphatic heterocycles. The predicted octanol–water partition coefficient (Wildman–Crippen LogP) is 1.16. The highest BCUT2D eigenvalue weighted by molar-refractivity contribution is 7.99. The standard InChI is InChI=1S/C13H15N5OS/c1-10-14-15-16-18(10)12-4-2-3-11(9-12)13(19)17-5-7-20-8-6-17/h2-4,9H,5-8H2,1H3. The van der Waals surface area contributed by atoms with Gasteiger partial charge in [0.2, 0.25) is 0 Å². The van der Waals surface area contributed by atoms with E-state index in [0.717, 1.165) is 30.3 Å². The van der Waals surface area contributed by atoms with Gasteiger partial charge in [-0.1, -0.05) is 6.07 Å². The molecule has 1 fully saturated rings. The second kappa shape index (κ2) is 5.62. The van der Waals surface area contributed by atoms with Crippen LogP contribution in [0.3, 0.4) is 0 Å². The highest BCUT2D eigenvalue weighted by Gasteiger charge is 2.18. The van der Waals surface area contributed by atoms with Crippen molar-refractivity contribution < 1.29 is 4.79 Å². The highest BCUT2D eigenvalue weighted by Crippen LogP contribution is 2.16. The molecule has 0 bridgehead atoms. The molecule has 1 aromatic carbocycles. The molecule has 2 aromatic rings. The van der Waals surface area contributed by atoms with Gasteiger partial charge in [0, 0.05) is 30.2 Å². The summed E-state index contributed by atoms with van der Waals surface area (Å²) < 4.78 is 1.63. The van der Waals surface area contributed by atoms with E-state index in [4.69, 9.17) is 0 Å². The Morgan fingerprint density at radius 2 is 2.10 bits per heavy atom. The van der Waals surface area contributed by atoms with Gasteiger partial charge in [-0.25, -0.2) is 0 Å². The zero-order valence-electron chi connectivity index (χ0n) is 11.2. The average Bonchev–Trinajstić information content (AvgIpc) is 2.94. The predicted molar refractivity (Wildman–Crippen MR) is 77.1 cm³/mol. The summed E-state index contributed by atoms with van der Waals surface area (Å²) in [6, 6.07) is 7.44. The van der Waals surface area contributed by atoms with E-state index < -0.39 is 0 Å². The van der Waals surface area contributed by atoms with E-state index >= 15 is 0 Å². The molecule has 1 saturated heterocycles. The van der Waals surface area contributed by atoms with Crippen molar-refractivity contribution in [2.24, 2.45) is 0 Å². The van der Waals surface area contributed by atoms with Gasteiger partial charge in [-0.3, -0.25) is 4.79 Å². The highest BCUT2D eigenvalue weighted by atomic mass is 32.2. The smallest absolute Gasteiger partial charge is 0.253 e. The number of rotatable bonds is 2. The molecule has 6 nitrogen and oxygen atoms in total. The Kier molecular flexibility index (Phi) is 3.68. The molecule has 0 saturated carbocycles. The maximum Gasteiger partial charge on any atom is 0.253 e. The van der Waals surface area contributed by atoms with Crippen LogP contribution in [0.15, 0.2) is 24.3 Å². The second-order valence-corrected chi connectivity index (χ2v) is 5.82. The van der Waals surface area contributed by atoms with Gasteiger partial charge in [-0.15, -0.1) is 5.10 Å². The minimum Gasteiger partial charge on any atom is -0.337 e. The monoisotopic (exact) mass is 289 g/mol. The third-order valence-corrected chi connectivity index (χ3v) is 4.20. The van der Waals surface area contributed by atoms with Crippen LogP contribution in [0, 0.1) is 6.92 Å². The molecule has 0 N–H and O–H groups in total. The van der Waals surface area contributed by atoms with Crippen LogP contribution >= 0.6 is 11.8 Å². The van der Waals surface area contributed by atoms with E-state index in [0.29, 0.717) is 11.4 Å². The fourth-order valence-electron chi connectivity index (χ4n) is 2.19. The quantitative estimate of drug-likeness (QED) is 0.830. The molecule has 20 heavy (non-hydrogen) atoms. The fourth-order valence-corrected chi connectivity index (χ4v) is 3.09. The Balaban J connectivity index is 1.87. The van der Waals surface area contributed by atoms with Crippen molar-refractivity contribution in [3.8, 4) is 5.69 Å². The van der Waals surface area contributed by atoms with Crippen molar-refractivity contribution >= 4 is 17.7 Å². The Hall–Kier alpha value is -1.89. The zero-order valence-corrected chi connectivity index (χ0v) is 12.0. The van der Waals surface area contributed by atoms with Gasteiger partial charge in [0.15, 0.2) is 5.82 Å². The molecular formula is C13H15N5OS. The van der Waals surface area contributed by atoms with Crippen molar-refractivity contribution in [2.45, 2.75) is 6.92 Å². The molecule has 0 atom stereocenters. The van der Waals surface area contributed by atoms with Crippen molar-refractivity contribution in [3.05, 3.63) is 35.7 Å². The summed E-state index contributed by atoms with van der Waals surface area (Å²) in [5.41, 5.74) is 1.49. The summed E-state index contributed by atoms with van der Waals surface area (Å²) >= 11 is 1.89. The average molecular weight is 289 g/mol. The van der Waals surface area contributed by atoms with Crippen molar-refractivity contribution in [1.82, 2.24) is 25.1 Å². The minimum atomic E-state index is 0.0814. The normalized spacial score (nSPS) is 15.3. The summed E-state index contributed by atoms with van der Waals surface area (Å²) in [6.07, 6.45) is 0. The van der Waals surface area contributed by atoms with Gasteiger partial charge in [0.05, 0.1) is 5.69 Å². The molecule has 2 heterocycles. The van der Waals surface area contributed by atoms with Gasteiger partial charge in [-0.2, -0.15) is 16.4 Å². The maximum absolute atomic E-state index is 12.5. The zero-order chi connectivity index (χ0) is 13.9. The van der Waals surface area contributed by atoms with Crippen LogP contribution in [0.2, 0.25) is 0 Å². The first-order valence-corrected chi connectivity index (χ1v) is 7.63. The number of hydrogen-bond acceptors (Lipinski definition) is 5. The van der Waals surface area contributed by atoms with E-state index in [-0.39, 0.29) is 5.91 Å². The number of nitrogens with zero attached hydrogens (tertiary/aromatic N) is 5. The van der Waals surface area contributed by atoms with E-state index in [2.05, 4.69) is 15.5 Å². The van der Waals surface area contributed by atoms with Gasteiger partial charge in [0.25, 0.3) is 5.91 Å². The Labute approximate surface area is 121 Å². The Bertz CT molecular complexity index is 621. The number of thioether (sulfide) groups is 1. The molecule has 0 radical (unpaired) electrons. The molecule has 0 aliphatic carbocycles. The molecule has 3 rings (SSSR count). The molecule has 1 amide bonds. The second-order valence-electron chi connectivity index (χ2n) is 4.59. The molecule has 1 aromatic heterocycles. The first kappa shape index (κ1) is 13.1. The van der Waals surface area contributed by atoms with Crippen LogP contribution in [0.5, 0.6) is 0 Å². The number of hydrogen-bond donors (Lipinski definition) is 0. The SMILES string of the molecule is Cc1nnnn1-c1cccc(C(=O)N2CCSCC2)c1. The first-order valence-electron chi connectivity index (χ1n) is 6.48. The Morgan fingerprint density at radius 1 is 1.30 bits per heavy atom. The summed E-state index contributed by atoms with van der Waals surface area (Å²) in [5, 5.41) is 11.4. The van der Waals surface area contributed by atoms with Gasteiger partial charge in [-0.05, 0) is 35.5 Å². The number of benzene rings is 1. The number of aromatic nitrogens is 4. The fraction of sp³-hybridized carbons (Fsp3) is 0.385. The number of amides is 1. The van der Waals surface area contributed by atoms with Crippen molar-refractivity contribution in [1.29, 1.82) is 0 Å². The van der Waals surface area contributed by atoms with Crippen LogP contribution in [-0.2, 0) is 0 Å². The van der Waals surface area contributed by atoms with Gasteiger partial charge in [0.1, 0.15) is 0 Å². The lowest BCUT2D eigenvalue weighted by Gasteiger charge is -2.26. The van der Waals surface area contributed by atoms with E-state index in [1.54, 1.807) is 4.68 Å². The van der Waals surface area contributed by atoms with Crippen LogP contribution in [0.25, 0.3) is 5.69 Å². The van der Waals surface area contributed by atoms with E-state index in [9.17, 15) is 4.79 Å². The molecular weight excluding hydrogens is 274 g/mol. The van der Waals surface area contributed by atoms with Crippen LogP contribution in [-0.4, -0.2) is 55.6 Å². The molecule has 104 valence electrons. The van der Waals surface area contributed by atoms with Gasteiger partial charge >= 0.3 is 0 Å². The van der Waals surface area contributed by atoms with Crippen LogP contribution < -0.4 is 0 Å². The number of aryl methyl sites for hydroxylation is 1. The van der Waals surface area contributed by atoms with Crippen LogP contribution in [0.1, 0.15) is 16.2 Å². The lowest BCUT2D eigenvalue weighted by molar-refractivity contribution is 0.0772. The van der Waals surface area contributed by atoms with E-state index in [1.807, 2.05) is 47.9 Å². The third-order valence-electron chi connectivity index (χ3n) is 3.26. The first-order chi connectivity index (χ1) is 9.75. The summed E-state index contributed by atoms with van der Waals surface area (Å²) in [5.74, 6) is 2.80. The van der Waals surface area contributed by atoms with Crippen LogP contribution in [0.4, 0.5) is 0 Å². The van der Waals surface area contributed by atoms with Gasteiger partial charge < -0.3 is 4.90 Å². The molecule has 0 unspecified atom stereocenters. The lowest BCUT2D eigenvalue weighted by Crippen LogP contribution is -2.37. The molecule has 0 spiro atoms. The number of carbonyl (C=O) groups is 1. The summed E-state index contributed by atoms with van der Waals surface area (Å²) in [4.78, 5) is 14.4. The van der Waals surface area contributed by atoms with E-state index in [1.165, 1.54) is 0 Å². The van der Waals surface area contributed by atoms with Crippen molar-refractivity contribution in [3.63, 3.8) is 0 Å². The summed E-state index contributed by atoms with van der Waals surface area (Å²) in [6.45, 7) is 3.46. The number of tetrazole rings is 1. The molecule has 1 aliphatic rings. The largest absolute Gasteiger partial charge is 0.337 e. The third kappa shape index (κ3) is 2.53. The molecule has 7 heteroatoms.